The van der Waals surface area contributed by atoms with E-state index in [1.165, 1.54) is 0 Å². The summed E-state index contributed by atoms with van der Waals surface area (Å²) in [5, 5.41) is 0. The summed E-state index contributed by atoms with van der Waals surface area (Å²) in [7, 11) is 0. The number of hydrogen-bond acceptors (Lipinski definition) is 3. The molecule has 0 unspecified atom stereocenters. The minimum atomic E-state index is -0.496. The maximum absolute atomic E-state index is 11.5. The maximum Gasteiger partial charge on any atom is 0.325 e. The van der Waals surface area contributed by atoms with Gasteiger partial charge in [-0.05, 0) is 12.5 Å². The number of rotatable bonds is 4. The van der Waals surface area contributed by atoms with Crippen molar-refractivity contribution in [2.24, 2.45) is 0 Å². The number of aryl methyl sites for hydroxylation is 1. The van der Waals surface area contributed by atoms with Gasteiger partial charge >= 0.3 is 5.69 Å². The smallest absolute Gasteiger partial charge is 0.325 e. The summed E-state index contributed by atoms with van der Waals surface area (Å²) in [6, 6.07) is 9.68. The van der Waals surface area contributed by atoms with E-state index in [2.05, 4.69) is 9.97 Å². The molecule has 1 aromatic heterocycles. The zero-order valence-electron chi connectivity index (χ0n) is 10.0. The van der Waals surface area contributed by atoms with Crippen molar-refractivity contribution in [2.45, 2.75) is 20.1 Å². The third kappa shape index (κ3) is 2.95. The van der Waals surface area contributed by atoms with Crippen LogP contribution >= 0.6 is 0 Å². The molecule has 0 saturated heterocycles. The van der Waals surface area contributed by atoms with Crippen LogP contribution in [0.25, 0.3) is 0 Å². The number of aromatic nitrogens is 2. The van der Waals surface area contributed by atoms with E-state index in [0.717, 1.165) is 5.56 Å². The van der Waals surface area contributed by atoms with E-state index in [1.54, 1.807) is 6.92 Å². The highest BCUT2D eigenvalue weighted by molar-refractivity contribution is 5.15. The third-order valence-electron chi connectivity index (χ3n) is 2.61. The van der Waals surface area contributed by atoms with Crippen molar-refractivity contribution in [1.82, 2.24) is 9.97 Å². The minimum Gasteiger partial charge on any atom is -0.372 e. The fourth-order valence-corrected chi connectivity index (χ4v) is 1.64. The van der Waals surface area contributed by atoms with Crippen LogP contribution in [-0.2, 0) is 18.0 Å². The van der Waals surface area contributed by atoms with Crippen LogP contribution in [0.4, 0.5) is 0 Å². The van der Waals surface area contributed by atoms with Gasteiger partial charge in [0.15, 0.2) is 0 Å². The van der Waals surface area contributed by atoms with Gasteiger partial charge in [0.25, 0.3) is 5.56 Å². The lowest BCUT2D eigenvalue weighted by atomic mass is 10.2. The molecule has 0 aliphatic rings. The Hall–Kier alpha value is -2.14. The number of nitrogens with one attached hydrogen (secondary N) is 2. The Morgan fingerprint density at radius 3 is 2.44 bits per heavy atom. The predicted molar refractivity (Wildman–Crippen MR) is 67.4 cm³/mol. The predicted octanol–water partition coefficient (Wildman–Crippen LogP) is 1.09. The molecule has 2 N–H and O–H groups in total. The first-order valence-electron chi connectivity index (χ1n) is 5.60. The van der Waals surface area contributed by atoms with Crippen LogP contribution in [0.2, 0.25) is 0 Å². The zero-order valence-corrected chi connectivity index (χ0v) is 10.0. The SMILES string of the molecule is Cc1[nH]c(=O)[nH]c(=O)c1COCc1ccccc1. The molecule has 1 heterocycles. The van der Waals surface area contributed by atoms with Gasteiger partial charge in [-0.1, -0.05) is 30.3 Å². The first kappa shape index (κ1) is 12.3. The third-order valence-corrected chi connectivity index (χ3v) is 2.61. The number of hydrogen-bond donors (Lipinski definition) is 2. The van der Waals surface area contributed by atoms with Crippen LogP contribution in [-0.4, -0.2) is 9.97 Å². The summed E-state index contributed by atoms with van der Waals surface area (Å²) in [6.07, 6.45) is 0. The molecule has 0 spiro atoms. The van der Waals surface area contributed by atoms with Crippen molar-refractivity contribution in [3.8, 4) is 0 Å². The molecule has 0 bridgehead atoms. The normalized spacial score (nSPS) is 10.5. The van der Waals surface area contributed by atoms with Crippen LogP contribution in [0.1, 0.15) is 16.8 Å². The second-order valence-corrected chi connectivity index (χ2v) is 3.99. The van der Waals surface area contributed by atoms with Crippen LogP contribution in [0.15, 0.2) is 39.9 Å². The van der Waals surface area contributed by atoms with Gasteiger partial charge in [-0.15, -0.1) is 0 Å². The van der Waals surface area contributed by atoms with E-state index < -0.39 is 11.2 Å². The lowest BCUT2D eigenvalue weighted by Crippen LogP contribution is -2.27. The second-order valence-electron chi connectivity index (χ2n) is 3.99. The largest absolute Gasteiger partial charge is 0.372 e. The van der Waals surface area contributed by atoms with Crippen LogP contribution in [0, 0.1) is 6.92 Å². The molecule has 0 radical (unpaired) electrons. The van der Waals surface area contributed by atoms with Gasteiger partial charge in [0.1, 0.15) is 0 Å². The highest BCUT2D eigenvalue weighted by Gasteiger charge is 2.05. The molecule has 5 nitrogen and oxygen atoms in total. The Kier molecular flexibility index (Phi) is 3.74. The monoisotopic (exact) mass is 246 g/mol. The van der Waals surface area contributed by atoms with Gasteiger partial charge in [-0.3, -0.25) is 9.78 Å². The van der Waals surface area contributed by atoms with Gasteiger partial charge in [-0.25, -0.2) is 4.79 Å². The Balaban J connectivity index is 2.03. The average Bonchev–Trinajstić information content (AvgIpc) is 2.34. The van der Waals surface area contributed by atoms with Crippen LogP contribution < -0.4 is 11.2 Å². The average molecular weight is 246 g/mol. The summed E-state index contributed by atoms with van der Waals surface area (Å²) in [4.78, 5) is 27.3. The fourth-order valence-electron chi connectivity index (χ4n) is 1.64. The quantitative estimate of drug-likeness (QED) is 0.848. The number of H-pyrrole nitrogens is 2. The van der Waals surface area contributed by atoms with Crippen molar-refractivity contribution in [3.05, 3.63) is 68.0 Å². The molecule has 94 valence electrons. The fraction of sp³-hybridized carbons (Fsp3) is 0.231. The zero-order chi connectivity index (χ0) is 13.0. The van der Waals surface area contributed by atoms with Crippen molar-refractivity contribution in [3.63, 3.8) is 0 Å². The molecule has 0 fully saturated rings. The van der Waals surface area contributed by atoms with E-state index in [9.17, 15) is 9.59 Å². The van der Waals surface area contributed by atoms with Crippen molar-refractivity contribution < 1.29 is 4.74 Å². The molecule has 0 amide bonds. The summed E-state index contributed by atoms with van der Waals surface area (Å²) in [5.41, 5.74) is 1.13. The van der Waals surface area contributed by atoms with Crippen molar-refractivity contribution in [1.29, 1.82) is 0 Å². The first-order valence-corrected chi connectivity index (χ1v) is 5.60. The van der Waals surface area contributed by atoms with Gasteiger partial charge < -0.3 is 9.72 Å². The highest BCUT2D eigenvalue weighted by atomic mass is 16.5. The highest BCUT2D eigenvalue weighted by Crippen LogP contribution is 2.04. The number of benzene rings is 1. The number of ether oxygens (including phenoxy) is 1. The molecule has 5 heteroatoms. The molecule has 2 rings (SSSR count). The van der Waals surface area contributed by atoms with Gasteiger partial charge in [0.2, 0.25) is 0 Å². The molecule has 1 aromatic carbocycles. The van der Waals surface area contributed by atoms with Crippen LogP contribution in [0.3, 0.4) is 0 Å². The molecular weight excluding hydrogens is 232 g/mol. The maximum atomic E-state index is 11.5. The van der Waals surface area contributed by atoms with Crippen LogP contribution in [0.5, 0.6) is 0 Å². The van der Waals surface area contributed by atoms with Gasteiger partial charge in [0.05, 0.1) is 18.8 Å². The Labute approximate surface area is 103 Å². The lowest BCUT2D eigenvalue weighted by molar-refractivity contribution is 0.105. The molecule has 0 saturated carbocycles. The molecule has 0 aliphatic carbocycles. The summed E-state index contributed by atoms with van der Waals surface area (Å²) in [5.74, 6) is 0. The molecular formula is C13H14N2O3. The van der Waals surface area contributed by atoms with E-state index in [0.29, 0.717) is 17.9 Å². The molecule has 0 atom stereocenters. The molecule has 2 aromatic rings. The first-order chi connectivity index (χ1) is 8.66. The Bertz CT molecular complexity index is 629. The number of aromatic amines is 2. The summed E-state index contributed by atoms with van der Waals surface area (Å²) >= 11 is 0. The minimum absolute atomic E-state index is 0.173. The Morgan fingerprint density at radius 1 is 1.06 bits per heavy atom. The lowest BCUT2D eigenvalue weighted by Gasteiger charge is -2.05. The summed E-state index contributed by atoms with van der Waals surface area (Å²) in [6.45, 7) is 2.28. The molecule has 0 aliphatic heterocycles. The topological polar surface area (TPSA) is 75.0 Å². The molecule has 18 heavy (non-hydrogen) atoms. The van der Waals surface area contributed by atoms with Gasteiger partial charge in [0, 0.05) is 5.69 Å². The van der Waals surface area contributed by atoms with Crippen molar-refractivity contribution in [2.75, 3.05) is 0 Å². The standard InChI is InChI=1S/C13H14N2O3/c1-9-11(12(16)15-13(17)14-9)8-18-7-10-5-3-2-4-6-10/h2-6H,7-8H2,1H3,(H2,14,15,16,17). The van der Waals surface area contributed by atoms with Gasteiger partial charge in [-0.2, -0.15) is 0 Å². The van der Waals surface area contributed by atoms with E-state index in [-0.39, 0.29) is 6.61 Å². The second kappa shape index (κ2) is 5.46. The summed E-state index contributed by atoms with van der Waals surface area (Å²) < 4.78 is 5.47. The van der Waals surface area contributed by atoms with E-state index >= 15 is 0 Å². The Morgan fingerprint density at radius 2 is 1.78 bits per heavy atom. The van der Waals surface area contributed by atoms with E-state index in [4.69, 9.17) is 4.74 Å². The van der Waals surface area contributed by atoms with E-state index in [1.807, 2.05) is 30.3 Å². The van der Waals surface area contributed by atoms with Crippen molar-refractivity contribution >= 4 is 0 Å².